The lowest BCUT2D eigenvalue weighted by molar-refractivity contribution is -0.769. The van der Waals surface area contributed by atoms with Crippen molar-refractivity contribution < 1.29 is 29.7 Å². The van der Waals surface area contributed by atoms with E-state index in [0.29, 0.717) is 12.2 Å². The van der Waals surface area contributed by atoms with E-state index in [1.165, 1.54) is 0 Å². The number of piperidine rings is 1. The first kappa shape index (κ1) is 15.8. The van der Waals surface area contributed by atoms with Gasteiger partial charge in [-0.25, -0.2) is 9.59 Å². The van der Waals surface area contributed by atoms with Crippen LogP contribution in [0.4, 0.5) is 0 Å². The largest absolute Gasteiger partial charge is 0.478 e. The van der Waals surface area contributed by atoms with E-state index in [-0.39, 0.29) is 6.10 Å². The Morgan fingerprint density at radius 2 is 1.67 bits per heavy atom. The van der Waals surface area contributed by atoms with Gasteiger partial charge in [-0.3, -0.25) is 0 Å². The molecule has 0 aliphatic carbocycles. The van der Waals surface area contributed by atoms with Gasteiger partial charge in [-0.2, -0.15) is 0 Å². The minimum atomic E-state index is -1.26. The summed E-state index contributed by atoms with van der Waals surface area (Å²) in [6.07, 6.45) is 2.41. The number of nitrogens with one attached hydrogen (secondary N) is 1. The van der Waals surface area contributed by atoms with Crippen molar-refractivity contribution in [3.8, 4) is 0 Å². The lowest BCUT2D eigenvalue weighted by atomic mass is 10.1. The number of aliphatic carboxylic acids is 2. The number of hydrogen-bond donors (Lipinski definition) is 3. The van der Waals surface area contributed by atoms with E-state index in [4.69, 9.17) is 10.2 Å². The number of carboxylic acids is 2. The van der Waals surface area contributed by atoms with Crippen molar-refractivity contribution in [2.75, 3.05) is 13.1 Å². The second-order valence-corrected chi connectivity index (χ2v) is 3.29. The van der Waals surface area contributed by atoms with E-state index in [1.54, 1.807) is 0 Å². The van der Waals surface area contributed by atoms with Gasteiger partial charge >= 0.3 is 11.9 Å². The number of nitrogens with zero attached hydrogens (tertiary/aromatic N) is 1. The molecule has 0 bridgehead atoms. The highest BCUT2D eigenvalue weighted by Gasteiger charge is 2.15. The Labute approximate surface area is 102 Å². The van der Waals surface area contributed by atoms with Gasteiger partial charge in [-0.05, 0) is 25.9 Å². The molecule has 0 radical (unpaired) electrons. The summed E-state index contributed by atoms with van der Waals surface area (Å²) in [5, 5.41) is 27.8. The predicted molar refractivity (Wildman–Crippen MR) is 58.4 cm³/mol. The van der Waals surface area contributed by atoms with E-state index in [9.17, 15) is 19.7 Å². The van der Waals surface area contributed by atoms with Gasteiger partial charge in [0.1, 0.15) is 6.10 Å². The zero-order valence-corrected chi connectivity index (χ0v) is 9.44. The first-order valence-electron chi connectivity index (χ1n) is 5.07. The fourth-order valence-electron chi connectivity index (χ4n) is 1.17. The van der Waals surface area contributed by atoms with Crippen LogP contribution in [0, 0.1) is 10.1 Å². The van der Waals surface area contributed by atoms with Crippen molar-refractivity contribution >= 4 is 11.9 Å². The van der Waals surface area contributed by atoms with Gasteiger partial charge < -0.3 is 20.4 Å². The molecule has 0 aromatic rings. The first-order chi connectivity index (χ1) is 8.41. The fraction of sp³-hybridized carbons (Fsp3) is 0.556. The van der Waals surface area contributed by atoms with Crippen molar-refractivity contribution in [1.29, 1.82) is 0 Å². The van der Waals surface area contributed by atoms with Crippen LogP contribution in [0.25, 0.3) is 0 Å². The second kappa shape index (κ2) is 8.93. The van der Waals surface area contributed by atoms with E-state index in [1.807, 2.05) is 0 Å². The van der Waals surface area contributed by atoms with E-state index < -0.39 is 17.0 Å². The molecule has 0 unspecified atom stereocenters. The Hall–Kier alpha value is -2.16. The molecule has 1 heterocycles. The maximum Gasteiger partial charge on any atom is 0.328 e. The normalized spacial score (nSPS) is 15.6. The van der Waals surface area contributed by atoms with Crippen LogP contribution in [-0.2, 0) is 14.4 Å². The molecule has 9 heteroatoms. The monoisotopic (exact) mass is 262 g/mol. The van der Waals surface area contributed by atoms with Crippen LogP contribution >= 0.6 is 0 Å². The molecule has 0 atom stereocenters. The molecule has 102 valence electrons. The van der Waals surface area contributed by atoms with Crippen LogP contribution in [0.15, 0.2) is 12.2 Å². The lowest BCUT2D eigenvalue weighted by Crippen LogP contribution is -2.33. The average molecular weight is 262 g/mol. The van der Waals surface area contributed by atoms with Gasteiger partial charge in [0, 0.05) is 12.2 Å². The molecular formula is C9H14N2O7. The zero-order valence-electron chi connectivity index (χ0n) is 9.44. The predicted octanol–water partition coefficient (Wildman–Crippen LogP) is -0.341. The minimum Gasteiger partial charge on any atom is -0.478 e. The third-order valence-electron chi connectivity index (χ3n) is 1.89. The molecule has 1 rings (SSSR count). The van der Waals surface area contributed by atoms with Crippen LogP contribution in [0.3, 0.4) is 0 Å². The third-order valence-corrected chi connectivity index (χ3v) is 1.89. The van der Waals surface area contributed by atoms with Gasteiger partial charge in [0.05, 0.1) is 0 Å². The summed E-state index contributed by atoms with van der Waals surface area (Å²) >= 11 is 0. The lowest BCUT2D eigenvalue weighted by Gasteiger charge is -2.19. The molecule has 18 heavy (non-hydrogen) atoms. The third kappa shape index (κ3) is 10.4. The Balaban J connectivity index is 0.000000331. The smallest absolute Gasteiger partial charge is 0.328 e. The van der Waals surface area contributed by atoms with Crippen LogP contribution in [-0.4, -0.2) is 46.4 Å². The van der Waals surface area contributed by atoms with E-state index in [0.717, 1.165) is 25.9 Å². The van der Waals surface area contributed by atoms with Crippen molar-refractivity contribution in [2.45, 2.75) is 18.9 Å². The number of carboxylic acid groups (broad SMARTS) is 2. The number of hydrogen-bond acceptors (Lipinski definition) is 6. The molecule has 0 aromatic heterocycles. The second-order valence-electron chi connectivity index (χ2n) is 3.29. The Kier molecular flexibility index (Phi) is 7.86. The summed E-state index contributed by atoms with van der Waals surface area (Å²) in [7, 11) is 0. The van der Waals surface area contributed by atoms with Gasteiger partial charge in [-0.15, -0.1) is 10.1 Å². The first-order valence-corrected chi connectivity index (χ1v) is 5.07. The molecule has 1 aliphatic rings. The number of carbonyl (C=O) groups is 2. The molecule has 9 nitrogen and oxygen atoms in total. The van der Waals surface area contributed by atoms with Gasteiger partial charge in [0.2, 0.25) is 0 Å². The molecule has 0 amide bonds. The molecule has 0 aromatic carbocycles. The molecule has 1 saturated heterocycles. The maximum atomic E-state index is 9.83. The summed E-state index contributed by atoms with van der Waals surface area (Å²) in [6.45, 7) is 1.64. The van der Waals surface area contributed by atoms with Crippen molar-refractivity contribution in [3.63, 3.8) is 0 Å². The minimum absolute atomic E-state index is 0.184. The number of rotatable bonds is 4. The van der Waals surface area contributed by atoms with E-state index >= 15 is 0 Å². The molecular weight excluding hydrogens is 248 g/mol. The van der Waals surface area contributed by atoms with Crippen molar-refractivity contribution in [1.82, 2.24) is 5.32 Å². The van der Waals surface area contributed by atoms with Crippen molar-refractivity contribution in [3.05, 3.63) is 22.3 Å². The molecule has 0 spiro atoms. The maximum absolute atomic E-state index is 9.83. The fourth-order valence-corrected chi connectivity index (χ4v) is 1.17. The summed E-state index contributed by atoms with van der Waals surface area (Å²) < 4.78 is 0. The highest BCUT2D eigenvalue weighted by molar-refractivity contribution is 5.89. The molecule has 1 fully saturated rings. The highest BCUT2D eigenvalue weighted by atomic mass is 17.0. The van der Waals surface area contributed by atoms with E-state index in [2.05, 4.69) is 10.2 Å². The summed E-state index contributed by atoms with van der Waals surface area (Å²) in [4.78, 5) is 33.3. The van der Waals surface area contributed by atoms with Crippen molar-refractivity contribution in [2.24, 2.45) is 0 Å². The molecule has 1 aliphatic heterocycles. The Morgan fingerprint density at radius 1 is 1.22 bits per heavy atom. The topological polar surface area (TPSA) is 139 Å². The van der Waals surface area contributed by atoms with Crippen LogP contribution in [0.1, 0.15) is 12.8 Å². The zero-order chi connectivity index (χ0) is 14.0. The van der Waals surface area contributed by atoms with Crippen LogP contribution in [0.5, 0.6) is 0 Å². The Morgan fingerprint density at radius 3 is 2.00 bits per heavy atom. The van der Waals surface area contributed by atoms with Crippen LogP contribution in [0.2, 0.25) is 0 Å². The summed E-state index contributed by atoms with van der Waals surface area (Å²) in [5.41, 5.74) is 0. The van der Waals surface area contributed by atoms with Gasteiger partial charge in [0.25, 0.3) is 5.09 Å². The molecule has 3 N–H and O–H groups in total. The van der Waals surface area contributed by atoms with Gasteiger partial charge in [-0.1, -0.05) is 0 Å². The molecule has 0 saturated carbocycles. The summed E-state index contributed by atoms with van der Waals surface area (Å²) in [5.74, 6) is -2.51. The average Bonchev–Trinajstić information content (AvgIpc) is 2.28. The standard InChI is InChI=1S/C5H10N2O3.C4H4O4/c8-7(9)10-5-1-3-6-4-2-5;5-3(6)1-2-4(7)8/h5-6H,1-4H2;1-2H,(H,5,6)(H,7,8)/b;2-1+. The van der Waals surface area contributed by atoms with Gasteiger partial charge in [0.15, 0.2) is 0 Å². The van der Waals surface area contributed by atoms with Crippen LogP contribution < -0.4 is 5.32 Å². The Bertz CT molecular complexity index is 307. The SMILES string of the molecule is O=C(O)/C=C/C(=O)O.O=[N+]([O-])OC1CCNCC1. The highest BCUT2D eigenvalue weighted by Crippen LogP contribution is 2.06. The quantitative estimate of drug-likeness (QED) is 0.355. The summed E-state index contributed by atoms with van der Waals surface area (Å²) in [6, 6.07) is 0.